The normalized spacial score (nSPS) is 12.7. The van der Waals surface area contributed by atoms with Crippen molar-refractivity contribution in [2.45, 2.75) is 52.2 Å². The van der Waals surface area contributed by atoms with E-state index in [0.29, 0.717) is 11.6 Å². The molecule has 0 bridgehead atoms. The Hall–Kier alpha value is -2.53. The summed E-state index contributed by atoms with van der Waals surface area (Å²) in [6, 6.07) is 14.2. The van der Waals surface area contributed by atoms with Gasteiger partial charge in [-0.2, -0.15) is 0 Å². The van der Waals surface area contributed by atoms with E-state index in [-0.39, 0.29) is 24.3 Å². The molecule has 0 fully saturated rings. The second-order valence-electron chi connectivity index (χ2n) is 7.13. The Labute approximate surface area is 178 Å². The van der Waals surface area contributed by atoms with Gasteiger partial charge in [0.1, 0.15) is 11.8 Å². The van der Waals surface area contributed by atoms with Gasteiger partial charge in [-0.05, 0) is 49.6 Å². The molecular formula is C23H29ClN2O3. The van der Waals surface area contributed by atoms with Crippen LogP contribution in [0.4, 0.5) is 0 Å². The number of methoxy groups -OCH3 is 1. The van der Waals surface area contributed by atoms with Crippen molar-refractivity contribution in [2.24, 2.45) is 0 Å². The number of ether oxygens (including phenoxy) is 1. The molecule has 0 spiro atoms. The maximum Gasteiger partial charge on any atom is 0.242 e. The average Bonchev–Trinajstić information content (AvgIpc) is 2.73. The first-order valence-corrected chi connectivity index (χ1v) is 10.2. The molecule has 0 aliphatic heterocycles. The van der Waals surface area contributed by atoms with Gasteiger partial charge in [-0.25, -0.2) is 0 Å². The maximum atomic E-state index is 13.2. The van der Waals surface area contributed by atoms with E-state index in [0.717, 1.165) is 23.3 Å². The van der Waals surface area contributed by atoms with Gasteiger partial charge in [-0.3, -0.25) is 9.59 Å². The number of carbonyl (C=O) groups is 2. The van der Waals surface area contributed by atoms with E-state index in [2.05, 4.69) is 5.32 Å². The second-order valence-corrected chi connectivity index (χ2v) is 7.54. The Morgan fingerprint density at radius 1 is 1.10 bits per heavy atom. The molecule has 2 aromatic rings. The Morgan fingerprint density at radius 3 is 2.34 bits per heavy atom. The van der Waals surface area contributed by atoms with Crippen molar-refractivity contribution >= 4 is 23.4 Å². The molecule has 5 nitrogen and oxygen atoms in total. The maximum absolute atomic E-state index is 13.2. The first-order valence-electron chi connectivity index (χ1n) is 9.81. The van der Waals surface area contributed by atoms with Crippen molar-refractivity contribution in [2.75, 3.05) is 7.11 Å². The monoisotopic (exact) mass is 416 g/mol. The van der Waals surface area contributed by atoms with E-state index in [1.165, 1.54) is 0 Å². The third-order valence-corrected chi connectivity index (χ3v) is 5.35. The minimum absolute atomic E-state index is 0.0476. The molecule has 0 heterocycles. The molecule has 29 heavy (non-hydrogen) atoms. The Kier molecular flexibility index (Phi) is 8.52. The van der Waals surface area contributed by atoms with Gasteiger partial charge in [0, 0.05) is 17.6 Å². The predicted octanol–water partition coefficient (Wildman–Crippen LogP) is 4.22. The SMILES string of the molecule is CCC(C)NC(=O)C(C)N(Cc1ccc(OC)cc1)C(=O)Cc1ccccc1Cl. The van der Waals surface area contributed by atoms with E-state index in [1.54, 1.807) is 25.0 Å². The van der Waals surface area contributed by atoms with Gasteiger partial charge >= 0.3 is 0 Å². The molecule has 2 atom stereocenters. The lowest BCUT2D eigenvalue weighted by atomic mass is 10.1. The standard InChI is InChI=1S/C23H29ClN2O3/c1-5-16(2)25-23(28)17(3)26(15-18-10-12-20(29-4)13-11-18)22(27)14-19-8-6-7-9-21(19)24/h6-13,16-17H,5,14-15H2,1-4H3,(H,25,28). The zero-order valence-corrected chi connectivity index (χ0v) is 18.2. The topological polar surface area (TPSA) is 58.6 Å². The molecule has 2 aromatic carbocycles. The van der Waals surface area contributed by atoms with Crippen LogP contribution in [0.2, 0.25) is 5.02 Å². The number of amides is 2. The van der Waals surface area contributed by atoms with Crippen LogP contribution in [-0.2, 0) is 22.6 Å². The highest BCUT2D eigenvalue weighted by atomic mass is 35.5. The van der Waals surface area contributed by atoms with Gasteiger partial charge in [-0.15, -0.1) is 0 Å². The number of rotatable bonds is 9. The van der Waals surface area contributed by atoms with Gasteiger partial charge in [0.15, 0.2) is 0 Å². The second kappa shape index (κ2) is 10.9. The van der Waals surface area contributed by atoms with Crippen molar-refractivity contribution in [3.8, 4) is 5.75 Å². The summed E-state index contributed by atoms with van der Waals surface area (Å²) < 4.78 is 5.20. The lowest BCUT2D eigenvalue weighted by molar-refractivity contribution is -0.140. The summed E-state index contributed by atoms with van der Waals surface area (Å²) in [5.74, 6) is 0.423. The summed E-state index contributed by atoms with van der Waals surface area (Å²) in [6.07, 6.45) is 0.960. The number of nitrogens with zero attached hydrogens (tertiary/aromatic N) is 1. The van der Waals surface area contributed by atoms with Gasteiger partial charge in [0.05, 0.1) is 13.5 Å². The van der Waals surface area contributed by atoms with Crippen LogP contribution in [0.3, 0.4) is 0 Å². The van der Waals surface area contributed by atoms with Crippen molar-refractivity contribution < 1.29 is 14.3 Å². The lowest BCUT2D eigenvalue weighted by Gasteiger charge is -2.30. The van der Waals surface area contributed by atoms with Crippen LogP contribution in [0.1, 0.15) is 38.3 Å². The van der Waals surface area contributed by atoms with E-state index in [1.807, 2.05) is 56.3 Å². The summed E-state index contributed by atoms with van der Waals surface area (Å²) in [4.78, 5) is 27.5. The van der Waals surface area contributed by atoms with Crippen LogP contribution < -0.4 is 10.1 Å². The molecule has 156 valence electrons. The van der Waals surface area contributed by atoms with Crippen LogP contribution in [-0.4, -0.2) is 35.9 Å². The summed E-state index contributed by atoms with van der Waals surface area (Å²) in [6.45, 7) is 6.03. The fourth-order valence-corrected chi connectivity index (χ4v) is 3.08. The van der Waals surface area contributed by atoms with Gasteiger partial charge in [-0.1, -0.05) is 48.9 Å². The summed E-state index contributed by atoms with van der Waals surface area (Å²) >= 11 is 6.23. The molecule has 0 aromatic heterocycles. The smallest absolute Gasteiger partial charge is 0.242 e. The molecular weight excluding hydrogens is 388 g/mol. The Bertz CT molecular complexity index is 823. The van der Waals surface area contributed by atoms with Gasteiger partial charge in [0.2, 0.25) is 11.8 Å². The molecule has 0 saturated heterocycles. The number of carbonyl (C=O) groups excluding carboxylic acids is 2. The number of benzene rings is 2. The quantitative estimate of drug-likeness (QED) is 0.665. The van der Waals surface area contributed by atoms with Gasteiger partial charge < -0.3 is 15.0 Å². The molecule has 2 rings (SSSR count). The molecule has 0 radical (unpaired) electrons. The Balaban J connectivity index is 2.24. The molecule has 6 heteroatoms. The minimum Gasteiger partial charge on any atom is -0.497 e. The third kappa shape index (κ3) is 6.50. The summed E-state index contributed by atoms with van der Waals surface area (Å²) in [7, 11) is 1.61. The predicted molar refractivity (Wildman–Crippen MR) is 116 cm³/mol. The number of hydrogen-bond acceptors (Lipinski definition) is 3. The zero-order chi connectivity index (χ0) is 21.4. The number of hydrogen-bond donors (Lipinski definition) is 1. The van der Waals surface area contributed by atoms with Crippen molar-refractivity contribution in [1.29, 1.82) is 0 Å². The largest absolute Gasteiger partial charge is 0.497 e. The van der Waals surface area contributed by atoms with Crippen LogP contribution in [0.25, 0.3) is 0 Å². The highest BCUT2D eigenvalue weighted by molar-refractivity contribution is 6.31. The van der Waals surface area contributed by atoms with Crippen LogP contribution >= 0.6 is 11.6 Å². The molecule has 0 aliphatic rings. The lowest BCUT2D eigenvalue weighted by Crippen LogP contribution is -2.49. The minimum atomic E-state index is -0.610. The fraction of sp³-hybridized carbons (Fsp3) is 0.391. The van der Waals surface area contributed by atoms with E-state index in [9.17, 15) is 9.59 Å². The molecule has 1 N–H and O–H groups in total. The number of halogens is 1. The van der Waals surface area contributed by atoms with Crippen LogP contribution in [0, 0.1) is 0 Å². The average molecular weight is 417 g/mol. The molecule has 2 amide bonds. The van der Waals surface area contributed by atoms with Crippen molar-refractivity contribution in [1.82, 2.24) is 10.2 Å². The summed E-state index contributed by atoms with van der Waals surface area (Å²) in [5.41, 5.74) is 1.66. The van der Waals surface area contributed by atoms with E-state index < -0.39 is 6.04 Å². The van der Waals surface area contributed by atoms with E-state index in [4.69, 9.17) is 16.3 Å². The van der Waals surface area contributed by atoms with Crippen molar-refractivity contribution in [3.05, 3.63) is 64.7 Å². The van der Waals surface area contributed by atoms with Crippen LogP contribution in [0.5, 0.6) is 5.75 Å². The molecule has 0 aliphatic carbocycles. The molecule has 0 saturated carbocycles. The first-order chi connectivity index (χ1) is 13.8. The molecule has 2 unspecified atom stereocenters. The first kappa shape index (κ1) is 22.8. The Morgan fingerprint density at radius 2 is 1.76 bits per heavy atom. The van der Waals surface area contributed by atoms with Gasteiger partial charge in [0.25, 0.3) is 0 Å². The highest BCUT2D eigenvalue weighted by Gasteiger charge is 2.27. The third-order valence-electron chi connectivity index (χ3n) is 4.98. The summed E-state index contributed by atoms with van der Waals surface area (Å²) in [5, 5.41) is 3.51. The fourth-order valence-electron chi connectivity index (χ4n) is 2.88. The van der Waals surface area contributed by atoms with Crippen molar-refractivity contribution in [3.63, 3.8) is 0 Å². The number of nitrogens with one attached hydrogen (secondary N) is 1. The highest BCUT2D eigenvalue weighted by Crippen LogP contribution is 2.19. The van der Waals surface area contributed by atoms with E-state index >= 15 is 0 Å². The zero-order valence-electron chi connectivity index (χ0n) is 17.4. The van der Waals surface area contributed by atoms with Crippen LogP contribution in [0.15, 0.2) is 48.5 Å².